The Labute approximate surface area is 145 Å². The van der Waals surface area contributed by atoms with Crippen LogP contribution in [-0.4, -0.2) is 18.7 Å². The molecule has 0 unspecified atom stereocenters. The van der Waals surface area contributed by atoms with Crippen LogP contribution < -0.4 is 10.7 Å². The van der Waals surface area contributed by atoms with Gasteiger partial charge in [-0.2, -0.15) is 5.10 Å². The summed E-state index contributed by atoms with van der Waals surface area (Å²) in [5, 5.41) is 9.93. The fourth-order valence-electron chi connectivity index (χ4n) is 2.33. The third-order valence-corrected chi connectivity index (χ3v) is 3.77. The highest BCUT2D eigenvalue weighted by Crippen LogP contribution is 2.16. The molecule has 0 fully saturated rings. The third-order valence-electron chi connectivity index (χ3n) is 3.51. The van der Waals surface area contributed by atoms with Crippen molar-refractivity contribution in [3.8, 4) is 0 Å². The summed E-state index contributed by atoms with van der Waals surface area (Å²) in [5.74, 6) is -0.221. The minimum atomic E-state index is -0.221. The molecule has 0 heterocycles. The SMILES string of the molecule is O=C(CNc1ccc(Cl)cc1)N/N=C\c1cccc2ccccc12. The Morgan fingerprint density at radius 3 is 2.58 bits per heavy atom. The van der Waals surface area contributed by atoms with Gasteiger partial charge in [0, 0.05) is 16.3 Å². The zero-order valence-corrected chi connectivity index (χ0v) is 13.6. The number of hydrogen-bond acceptors (Lipinski definition) is 3. The summed E-state index contributed by atoms with van der Waals surface area (Å²) < 4.78 is 0. The lowest BCUT2D eigenvalue weighted by Crippen LogP contribution is -2.25. The summed E-state index contributed by atoms with van der Waals surface area (Å²) >= 11 is 5.82. The van der Waals surface area contributed by atoms with Gasteiger partial charge in [-0.05, 0) is 35.0 Å². The number of hydrogen-bond donors (Lipinski definition) is 2. The van der Waals surface area contributed by atoms with Crippen LogP contribution in [0.15, 0.2) is 71.8 Å². The van der Waals surface area contributed by atoms with Crippen LogP contribution in [0.2, 0.25) is 5.02 Å². The van der Waals surface area contributed by atoms with Crippen molar-refractivity contribution in [3.05, 3.63) is 77.3 Å². The van der Waals surface area contributed by atoms with Gasteiger partial charge in [-0.25, -0.2) is 5.43 Å². The number of hydrazone groups is 1. The highest BCUT2D eigenvalue weighted by molar-refractivity contribution is 6.30. The number of rotatable bonds is 5. The van der Waals surface area contributed by atoms with Gasteiger partial charge in [-0.15, -0.1) is 0 Å². The van der Waals surface area contributed by atoms with E-state index in [4.69, 9.17) is 11.6 Å². The van der Waals surface area contributed by atoms with Gasteiger partial charge in [-0.3, -0.25) is 4.79 Å². The van der Waals surface area contributed by atoms with Crippen molar-refractivity contribution in [2.75, 3.05) is 11.9 Å². The Morgan fingerprint density at radius 1 is 1.00 bits per heavy atom. The molecule has 0 aliphatic carbocycles. The normalized spacial score (nSPS) is 10.9. The number of carbonyl (C=O) groups excluding carboxylic acids is 1. The molecule has 0 saturated heterocycles. The molecule has 3 aromatic rings. The van der Waals surface area contributed by atoms with Crippen LogP contribution in [0.25, 0.3) is 10.8 Å². The van der Waals surface area contributed by atoms with Gasteiger partial charge in [0.25, 0.3) is 5.91 Å². The Balaban J connectivity index is 1.57. The van der Waals surface area contributed by atoms with Gasteiger partial charge in [0.2, 0.25) is 0 Å². The molecule has 5 heteroatoms. The molecule has 120 valence electrons. The van der Waals surface area contributed by atoms with Crippen molar-refractivity contribution < 1.29 is 4.79 Å². The zero-order chi connectivity index (χ0) is 16.8. The standard InChI is InChI=1S/C19H16ClN3O/c20-16-8-10-17(11-9-16)21-13-19(24)23-22-12-15-6-3-5-14-4-1-2-7-18(14)15/h1-12,21H,13H2,(H,23,24)/b22-12-. The van der Waals surface area contributed by atoms with Crippen molar-refractivity contribution >= 4 is 40.2 Å². The molecule has 0 radical (unpaired) electrons. The summed E-state index contributed by atoms with van der Waals surface area (Å²) in [6, 6.07) is 21.2. The van der Waals surface area contributed by atoms with Gasteiger partial charge in [-0.1, -0.05) is 54.1 Å². The third kappa shape index (κ3) is 4.12. The van der Waals surface area contributed by atoms with E-state index in [-0.39, 0.29) is 12.5 Å². The van der Waals surface area contributed by atoms with Gasteiger partial charge in [0.1, 0.15) is 0 Å². The van der Waals surface area contributed by atoms with E-state index in [0.29, 0.717) is 5.02 Å². The lowest BCUT2D eigenvalue weighted by molar-refractivity contribution is -0.119. The monoisotopic (exact) mass is 337 g/mol. The maximum atomic E-state index is 11.8. The van der Waals surface area contributed by atoms with Crippen molar-refractivity contribution in [2.24, 2.45) is 5.10 Å². The lowest BCUT2D eigenvalue weighted by Gasteiger charge is -2.05. The average molecular weight is 338 g/mol. The van der Waals surface area contributed by atoms with Gasteiger partial charge in [0.05, 0.1) is 12.8 Å². The number of halogens is 1. The number of nitrogens with zero attached hydrogens (tertiary/aromatic N) is 1. The molecule has 3 aromatic carbocycles. The first-order valence-corrected chi connectivity index (χ1v) is 7.89. The molecule has 0 aliphatic heterocycles. The maximum Gasteiger partial charge on any atom is 0.259 e. The molecule has 3 rings (SSSR count). The van der Waals surface area contributed by atoms with Crippen LogP contribution in [0.5, 0.6) is 0 Å². The van der Waals surface area contributed by atoms with E-state index in [1.807, 2.05) is 54.6 Å². The second-order valence-corrected chi connectivity index (χ2v) is 5.66. The smallest absolute Gasteiger partial charge is 0.259 e. The van der Waals surface area contributed by atoms with Gasteiger partial charge >= 0.3 is 0 Å². The highest BCUT2D eigenvalue weighted by Gasteiger charge is 2.00. The second kappa shape index (κ2) is 7.62. The van der Waals surface area contributed by atoms with Crippen LogP contribution in [-0.2, 0) is 4.79 Å². The predicted molar refractivity (Wildman–Crippen MR) is 99.6 cm³/mol. The summed E-state index contributed by atoms with van der Waals surface area (Å²) in [4.78, 5) is 11.8. The first-order chi connectivity index (χ1) is 11.7. The van der Waals surface area contributed by atoms with Crippen LogP contribution in [0, 0.1) is 0 Å². The van der Waals surface area contributed by atoms with Crippen LogP contribution in [0.3, 0.4) is 0 Å². The maximum absolute atomic E-state index is 11.8. The predicted octanol–water partition coefficient (Wildman–Crippen LogP) is 4.06. The molecule has 0 aliphatic rings. The molecule has 0 saturated carbocycles. The fourth-order valence-corrected chi connectivity index (χ4v) is 2.45. The van der Waals surface area contributed by atoms with Crippen molar-refractivity contribution in [2.45, 2.75) is 0 Å². The molecule has 1 amide bonds. The molecule has 2 N–H and O–H groups in total. The zero-order valence-electron chi connectivity index (χ0n) is 12.9. The van der Waals surface area contributed by atoms with Gasteiger partial charge in [0.15, 0.2) is 0 Å². The lowest BCUT2D eigenvalue weighted by atomic mass is 10.1. The van der Waals surface area contributed by atoms with E-state index in [1.165, 1.54) is 0 Å². The van der Waals surface area contributed by atoms with Crippen LogP contribution in [0.4, 0.5) is 5.69 Å². The minimum Gasteiger partial charge on any atom is -0.376 e. The average Bonchev–Trinajstić information content (AvgIpc) is 2.61. The van der Waals surface area contributed by atoms with Crippen molar-refractivity contribution in [1.82, 2.24) is 5.43 Å². The fraction of sp³-hybridized carbons (Fsp3) is 0.0526. The summed E-state index contributed by atoms with van der Waals surface area (Å²) in [6.45, 7) is 0.133. The van der Waals surface area contributed by atoms with Crippen molar-refractivity contribution in [1.29, 1.82) is 0 Å². The Bertz CT molecular complexity index is 870. The molecule has 0 atom stereocenters. The number of carbonyl (C=O) groups is 1. The van der Waals surface area contributed by atoms with E-state index in [1.54, 1.807) is 18.3 Å². The van der Waals surface area contributed by atoms with E-state index in [2.05, 4.69) is 15.8 Å². The Kier molecular flexibility index (Phi) is 5.08. The molecule has 0 spiro atoms. The quantitative estimate of drug-likeness (QED) is 0.545. The molecule has 0 bridgehead atoms. The van der Waals surface area contributed by atoms with Crippen molar-refractivity contribution in [3.63, 3.8) is 0 Å². The van der Waals surface area contributed by atoms with E-state index < -0.39 is 0 Å². The number of fused-ring (bicyclic) bond motifs is 1. The number of amides is 1. The second-order valence-electron chi connectivity index (χ2n) is 5.22. The number of nitrogens with one attached hydrogen (secondary N) is 2. The highest BCUT2D eigenvalue weighted by atomic mass is 35.5. The first-order valence-electron chi connectivity index (χ1n) is 7.51. The minimum absolute atomic E-state index is 0.133. The summed E-state index contributed by atoms with van der Waals surface area (Å²) in [7, 11) is 0. The molecule has 4 nitrogen and oxygen atoms in total. The van der Waals surface area contributed by atoms with Crippen LogP contribution >= 0.6 is 11.6 Å². The molecular weight excluding hydrogens is 322 g/mol. The Morgan fingerprint density at radius 2 is 1.75 bits per heavy atom. The topological polar surface area (TPSA) is 53.5 Å². The number of benzene rings is 3. The van der Waals surface area contributed by atoms with E-state index in [0.717, 1.165) is 22.0 Å². The Hall–Kier alpha value is -2.85. The number of anilines is 1. The largest absolute Gasteiger partial charge is 0.376 e. The molecular formula is C19H16ClN3O. The first kappa shape index (κ1) is 16.0. The summed E-state index contributed by atoms with van der Waals surface area (Å²) in [5.41, 5.74) is 4.30. The van der Waals surface area contributed by atoms with E-state index >= 15 is 0 Å². The van der Waals surface area contributed by atoms with Crippen LogP contribution in [0.1, 0.15) is 5.56 Å². The van der Waals surface area contributed by atoms with E-state index in [9.17, 15) is 4.79 Å². The molecule has 0 aromatic heterocycles. The summed E-state index contributed by atoms with van der Waals surface area (Å²) in [6.07, 6.45) is 1.66. The molecule has 24 heavy (non-hydrogen) atoms. The van der Waals surface area contributed by atoms with Gasteiger partial charge < -0.3 is 5.32 Å².